The summed E-state index contributed by atoms with van der Waals surface area (Å²) in [5, 5.41) is 7.73. The van der Waals surface area contributed by atoms with E-state index >= 15 is 0 Å². The van der Waals surface area contributed by atoms with Crippen LogP contribution in [0.3, 0.4) is 0 Å². The molecule has 6 nitrogen and oxygen atoms in total. The molecule has 0 saturated carbocycles. The molecule has 4 rings (SSSR count). The van der Waals surface area contributed by atoms with Gasteiger partial charge in [0.05, 0.1) is 28.5 Å². The number of rotatable bonds is 6. The van der Waals surface area contributed by atoms with Crippen molar-refractivity contribution in [3.63, 3.8) is 0 Å². The molecule has 0 bridgehead atoms. The van der Waals surface area contributed by atoms with E-state index in [0.717, 1.165) is 39.5 Å². The molecule has 0 fully saturated rings. The Morgan fingerprint density at radius 1 is 1.06 bits per heavy atom. The first-order valence-corrected chi connectivity index (χ1v) is 10.5. The standard InChI is InChI=1S/C25H27N5O/c1-16(2)24(25-26-21-12-8-9-13-22(21)27-25)28-23(31)15-14-20-17(3)29-30(18(20)4)19-10-6-5-7-11-19/h5-16,24H,1-4H3,(H,26,27)(H,28,31)/b15-14+. The van der Waals surface area contributed by atoms with E-state index in [4.69, 9.17) is 0 Å². The van der Waals surface area contributed by atoms with E-state index in [1.165, 1.54) is 0 Å². The molecule has 1 unspecified atom stereocenters. The Morgan fingerprint density at radius 2 is 1.77 bits per heavy atom. The number of H-pyrrole nitrogens is 1. The van der Waals surface area contributed by atoms with Crippen molar-refractivity contribution in [3.05, 3.63) is 83.4 Å². The first kappa shape index (κ1) is 20.6. The van der Waals surface area contributed by atoms with Crippen LogP contribution >= 0.6 is 0 Å². The van der Waals surface area contributed by atoms with Crippen molar-refractivity contribution in [3.8, 4) is 5.69 Å². The molecule has 0 aliphatic rings. The fourth-order valence-corrected chi connectivity index (χ4v) is 3.75. The molecule has 2 N–H and O–H groups in total. The van der Waals surface area contributed by atoms with Crippen molar-refractivity contribution >= 4 is 23.0 Å². The lowest BCUT2D eigenvalue weighted by molar-refractivity contribution is -0.117. The zero-order chi connectivity index (χ0) is 22.0. The number of hydrogen-bond acceptors (Lipinski definition) is 3. The molecule has 1 amide bonds. The van der Waals surface area contributed by atoms with E-state index < -0.39 is 0 Å². The number of imidazole rings is 1. The van der Waals surface area contributed by atoms with Gasteiger partial charge in [-0.15, -0.1) is 0 Å². The van der Waals surface area contributed by atoms with Gasteiger partial charge in [-0.25, -0.2) is 9.67 Å². The third-order valence-corrected chi connectivity index (χ3v) is 5.42. The van der Waals surface area contributed by atoms with Crippen LogP contribution in [0.1, 0.15) is 42.7 Å². The zero-order valence-electron chi connectivity index (χ0n) is 18.3. The molecular weight excluding hydrogens is 386 g/mol. The first-order valence-electron chi connectivity index (χ1n) is 10.5. The van der Waals surface area contributed by atoms with Crippen LogP contribution in [0.2, 0.25) is 0 Å². The number of aryl methyl sites for hydroxylation is 1. The molecule has 2 aromatic carbocycles. The van der Waals surface area contributed by atoms with Gasteiger partial charge >= 0.3 is 0 Å². The van der Waals surface area contributed by atoms with Gasteiger partial charge in [-0.1, -0.05) is 44.2 Å². The number of carbonyl (C=O) groups is 1. The minimum absolute atomic E-state index is 0.162. The predicted molar refractivity (Wildman–Crippen MR) is 124 cm³/mol. The maximum absolute atomic E-state index is 12.8. The average molecular weight is 414 g/mol. The van der Waals surface area contributed by atoms with Crippen molar-refractivity contribution in [2.45, 2.75) is 33.7 Å². The highest BCUT2D eigenvalue weighted by molar-refractivity contribution is 5.92. The van der Waals surface area contributed by atoms with E-state index in [1.807, 2.05) is 79.2 Å². The number of fused-ring (bicyclic) bond motifs is 1. The van der Waals surface area contributed by atoms with Crippen molar-refractivity contribution in [1.29, 1.82) is 0 Å². The summed E-state index contributed by atoms with van der Waals surface area (Å²) in [6.45, 7) is 8.10. The van der Waals surface area contributed by atoms with Crippen molar-refractivity contribution in [2.75, 3.05) is 0 Å². The molecule has 2 aromatic heterocycles. The number of amides is 1. The lowest BCUT2D eigenvalue weighted by atomic mass is 10.0. The van der Waals surface area contributed by atoms with Gasteiger partial charge in [0.15, 0.2) is 0 Å². The molecule has 0 spiro atoms. The molecular formula is C25H27N5O. The minimum atomic E-state index is -0.209. The van der Waals surface area contributed by atoms with Crippen LogP contribution in [0.4, 0.5) is 0 Å². The fraction of sp³-hybridized carbons (Fsp3) is 0.240. The van der Waals surface area contributed by atoms with Crippen LogP contribution in [0.25, 0.3) is 22.8 Å². The van der Waals surface area contributed by atoms with Gasteiger partial charge in [0.2, 0.25) is 5.91 Å². The Bertz CT molecular complexity index is 1200. The number of benzene rings is 2. The summed E-state index contributed by atoms with van der Waals surface area (Å²) >= 11 is 0. The predicted octanol–water partition coefficient (Wildman–Crippen LogP) is 4.89. The maximum atomic E-state index is 12.8. The molecule has 6 heteroatoms. The highest BCUT2D eigenvalue weighted by Crippen LogP contribution is 2.23. The van der Waals surface area contributed by atoms with Gasteiger partial charge in [-0.05, 0) is 50.1 Å². The number of hydrogen-bond donors (Lipinski definition) is 2. The second-order valence-corrected chi connectivity index (χ2v) is 8.03. The number of nitrogens with zero attached hydrogens (tertiary/aromatic N) is 3. The van der Waals surface area contributed by atoms with Gasteiger partial charge in [0, 0.05) is 17.3 Å². The average Bonchev–Trinajstić information content (AvgIpc) is 3.31. The number of para-hydroxylation sites is 3. The summed E-state index contributed by atoms with van der Waals surface area (Å²) in [6.07, 6.45) is 3.41. The SMILES string of the molecule is Cc1nn(-c2ccccc2)c(C)c1/C=C/C(=O)NC(c1nc2ccccc2[nH]1)C(C)C. The topological polar surface area (TPSA) is 75.6 Å². The third-order valence-electron chi connectivity index (χ3n) is 5.42. The molecule has 0 aliphatic carbocycles. The first-order chi connectivity index (χ1) is 14.9. The highest BCUT2D eigenvalue weighted by Gasteiger charge is 2.21. The maximum Gasteiger partial charge on any atom is 0.244 e. The van der Waals surface area contributed by atoms with E-state index in [0.29, 0.717) is 0 Å². The summed E-state index contributed by atoms with van der Waals surface area (Å²) in [5.41, 5.74) is 5.68. The smallest absolute Gasteiger partial charge is 0.244 e. The minimum Gasteiger partial charge on any atom is -0.342 e. The van der Waals surface area contributed by atoms with Crippen molar-refractivity contribution in [2.24, 2.45) is 5.92 Å². The van der Waals surface area contributed by atoms with Crippen LogP contribution in [-0.2, 0) is 4.79 Å². The molecule has 4 aromatic rings. The van der Waals surface area contributed by atoms with Gasteiger partial charge in [0.25, 0.3) is 0 Å². The lowest BCUT2D eigenvalue weighted by Crippen LogP contribution is -2.31. The number of carbonyl (C=O) groups excluding carboxylic acids is 1. The number of nitrogens with one attached hydrogen (secondary N) is 2. The van der Waals surface area contributed by atoms with Crippen LogP contribution < -0.4 is 5.32 Å². The van der Waals surface area contributed by atoms with E-state index in [1.54, 1.807) is 6.08 Å². The normalized spacial score (nSPS) is 12.7. The Kier molecular flexibility index (Phi) is 5.71. The molecule has 158 valence electrons. The van der Waals surface area contributed by atoms with Crippen molar-refractivity contribution in [1.82, 2.24) is 25.1 Å². The Balaban J connectivity index is 1.54. The number of aromatic amines is 1. The summed E-state index contributed by atoms with van der Waals surface area (Å²) in [5.74, 6) is 0.787. The number of aromatic nitrogens is 4. The summed E-state index contributed by atoms with van der Waals surface area (Å²) < 4.78 is 1.90. The summed E-state index contributed by atoms with van der Waals surface area (Å²) in [4.78, 5) is 20.7. The van der Waals surface area contributed by atoms with Crippen LogP contribution in [0, 0.1) is 19.8 Å². The van der Waals surface area contributed by atoms with Crippen LogP contribution in [-0.4, -0.2) is 25.7 Å². The Morgan fingerprint density at radius 3 is 2.48 bits per heavy atom. The third kappa shape index (κ3) is 4.28. The zero-order valence-corrected chi connectivity index (χ0v) is 18.3. The quantitative estimate of drug-likeness (QED) is 0.442. The van der Waals surface area contributed by atoms with Gasteiger partial charge in [-0.3, -0.25) is 4.79 Å². The monoisotopic (exact) mass is 413 g/mol. The second kappa shape index (κ2) is 8.60. The molecule has 0 saturated heterocycles. The fourth-order valence-electron chi connectivity index (χ4n) is 3.75. The summed E-state index contributed by atoms with van der Waals surface area (Å²) in [7, 11) is 0. The van der Waals surface area contributed by atoms with Crippen LogP contribution in [0.15, 0.2) is 60.7 Å². The second-order valence-electron chi connectivity index (χ2n) is 8.03. The van der Waals surface area contributed by atoms with E-state index in [2.05, 4.69) is 34.2 Å². The lowest BCUT2D eigenvalue weighted by Gasteiger charge is -2.19. The molecule has 31 heavy (non-hydrogen) atoms. The van der Waals surface area contributed by atoms with Gasteiger partial charge < -0.3 is 10.3 Å². The van der Waals surface area contributed by atoms with E-state index in [9.17, 15) is 4.79 Å². The molecule has 0 aliphatic heterocycles. The largest absolute Gasteiger partial charge is 0.342 e. The molecule has 0 radical (unpaired) electrons. The van der Waals surface area contributed by atoms with Crippen molar-refractivity contribution < 1.29 is 4.79 Å². The van der Waals surface area contributed by atoms with E-state index in [-0.39, 0.29) is 17.9 Å². The molecule has 1 atom stereocenters. The van der Waals surface area contributed by atoms with Gasteiger partial charge in [0.1, 0.15) is 5.82 Å². The molecule has 2 heterocycles. The Labute approximate surface area is 182 Å². The summed E-state index contributed by atoms with van der Waals surface area (Å²) in [6, 6.07) is 17.6. The van der Waals surface area contributed by atoms with Gasteiger partial charge in [-0.2, -0.15) is 5.10 Å². The van der Waals surface area contributed by atoms with Crippen LogP contribution in [0.5, 0.6) is 0 Å². The highest BCUT2D eigenvalue weighted by atomic mass is 16.1. The Hall–Kier alpha value is -3.67.